The van der Waals surface area contributed by atoms with Gasteiger partial charge in [-0.25, -0.2) is 0 Å². The number of hydrogen-bond donors (Lipinski definition) is 2. The highest BCUT2D eigenvalue weighted by Gasteiger charge is 2.32. The van der Waals surface area contributed by atoms with Crippen molar-refractivity contribution in [2.24, 2.45) is 0 Å². The molecule has 0 saturated carbocycles. The molecule has 0 radical (unpaired) electrons. The van der Waals surface area contributed by atoms with Crippen molar-refractivity contribution in [1.29, 1.82) is 0 Å². The summed E-state index contributed by atoms with van der Waals surface area (Å²) >= 11 is 0. The molecule has 1 aliphatic heterocycles. The molecule has 0 fully saturated rings. The summed E-state index contributed by atoms with van der Waals surface area (Å²) in [5.74, 6) is -0.250. The van der Waals surface area contributed by atoms with Gasteiger partial charge in [-0.05, 0) is 74.2 Å². The molecule has 1 heterocycles. The molecule has 1 aliphatic rings. The van der Waals surface area contributed by atoms with Crippen LogP contribution in [0.2, 0.25) is 0 Å². The second-order valence-corrected chi connectivity index (χ2v) is 9.45. The lowest BCUT2D eigenvalue weighted by atomic mass is 9.99. The van der Waals surface area contributed by atoms with Crippen molar-refractivity contribution in [3.8, 4) is 0 Å². The zero-order valence-electron chi connectivity index (χ0n) is 21.4. The smallest absolute Gasteiger partial charge is 0.249 e. The van der Waals surface area contributed by atoms with Crippen molar-refractivity contribution < 1.29 is 14.3 Å². The molecule has 36 heavy (non-hydrogen) atoms. The van der Waals surface area contributed by atoms with Gasteiger partial charge in [0.1, 0.15) is 6.04 Å². The molecule has 3 aromatic carbocycles. The fourth-order valence-corrected chi connectivity index (χ4v) is 4.55. The van der Waals surface area contributed by atoms with Gasteiger partial charge in [-0.1, -0.05) is 54.6 Å². The van der Waals surface area contributed by atoms with E-state index in [4.69, 9.17) is 4.74 Å². The van der Waals surface area contributed by atoms with E-state index in [0.29, 0.717) is 19.6 Å². The topological polar surface area (TPSA) is 70.7 Å². The number of amides is 2. The fourth-order valence-electron chi connectivity index (χ4n) is 4.55. The van der Waals surface area contributed by atoms with Crippen LogP contribution >= 0.6 is 12.4 Å². The van der Waals surface area contributed by atoms with Gasteiger partial charge in [0.25, 0.3) is 0 Å². The molecule has 2 N–H and O–H groups in total. The first-order valence-electron chi connectivity index (χ1n) is 12.4. The minimum absolute atomic E-state index is 0. The van der Waals surface area contributed by atoms with Crippen LogP contribution in [0.4, 0.5) is 5.69 Å². The molecule has 2 amide bonds. The molecule has 0 spiro atoms. The van der Waals surface area contributed by atoms with Crippen LogP contribution in [-0.2, 0) is 33.9 Å². The lowest BCUT2D eigenvalue weighted by Crippen LogP contribution is -2.52. The second kappa shape index (κ2) is 12.3. The Morgan fingerprint density at radius 1 is 1.00 bits per heavy atom. The highest BCUT2D eigenvalue weighted by molar-refractivity contribution is 6.01. The van der Waals surface area contributed by atoms with Gasteiger partial charge >= 0.3 is 0 Å². The largest absolute Gasteiger partial charge is 0.374 e. The maximum absolute atomic E-state index is 13.8. The first-order chi connectivity index (χ1) is 16.9. The molecule has 0 aromatic heterocycles. The maximum Gasteiger partial charge on any atom is 0.249 e. The van der Waals surface area contributed by atoms with E-state index >= 15 is 0 Å². The summed E-state index contributed by atoms with van der Waals surface area (Å²) < 4.78 is 5.88. The average Bonchev–Trinajstić information content (AvgIpc) is 2.99. The number of carbonyl (C=O) groups is 2. The predicted octanol–water partition coefficient (Wildman–Crippen LogP) is 4.76. The Labute approximate surface area is 219 Å². The first-order valence-corrected chi connectivity index (χ1v) is 12.4. The standard InChI is InChI=1S/C29H35N3O3.ClH/c1-19(2)35-18-23-14-13-22(24-10-6-7-11-25(23)24)17-32-27-12-8-5-9-21(27)15-16-26(29(32)34)31-28(33)20(3)30-4;/h5-14,19-20,26,30H,15-18H2,1-4H3,(H,31,33);1H/t20-,26-;/m0./s1. The van der Waals surface area contributed by atoms with Crippen molar-refractivity contribution in [3.05, 3.63) is 77.4 Å². The van der Waals surface area contributed by atoms with Gasteiger partial charge in [-0.3, -0.25) is 9.59 Å². The second-order valence-electron chi connectivity index (χ2n) is 9.45. The van der Waals surface area contributed by atoms with Gasteiger partial charge in [0.05, 0.1) is 25.3 Å². The lowest BCUT2D eigenvalue weighted by molar-refractivity contribution is -0.128. The van der Waals surface area contributed by atoms with E-state index in [0.717, 1.165) is 39.6 Å². The van der Waals surface area contributed by atoms with E-state index in [1.54, 1.807) is 14.0 Å². The normalized spacial score (nSPS) is 16.3. The van der Waals surface area contributed by atoms with Crippen LogP contribution in [0.25, 0.3) is 10.8 Å². The Balaban J connectivity index is 0.00000361. The zero-order chi connectivity index (χ0) is 24.9. The SMILES string of the molecule is CN[C@@H](C)C(=O)N[C@H]1CCc2ccccc2N(Cc2ccc(COC(C)C)c3ccccc23)C1=O.Cl. The number of likely N-dealkylation sites (N-methyl/N-ethyl adjacent to an activating group) is 1. The Bertz CT molecular complexity index is 1210. The molecule has 3 aromatic rings. The van der Waals surface area contributed by atoms with E-state index in [1.165, 1.54) is 0 Å². The Morgan fingerprint density at radius 2 is 1.64 bits per heavy atom. The Hall–Kier alpha value is -2.93. The van der Waals surface area contributed by atoms with Gasteiger partial charge in [0.15, 0.2) is 0 Å². The highest BCUT2D eigenvalue weighted by Crippen LogP contribution is 2.31. The van der Waals surface area contributed by atoms with Crippen LogP contribution in [0.1, 0.15) is 43.9 Å². The number of anilines is 1. The monoisotopic (exact) mass is 509 g/mol. The highest BCUT2D eigenvalue weighted by atomic mass is 35.5. The number of nitrogens with one attached hydrogen (secondary N) is 2. The average molecular weight is 510 g/mol. The number of rotatable bonds is 8. The predicted molar refractivity (Wildman–Crippen MR) is 148 cm³/mol. The molecular weight excluding hydrogens is 474 g/mol. The number of carbonyl (C=O) groups excluding carboxylic acids is 2. The van der Waals surface area contributed by atoms with Crippen molar-refractivity contribution >= 4 is 40.7 Å². The molecule has 6 nitrogen and oxygen atoms in total. The molecule has 192 valence electrons. The first kappa shape index (κ1) is 27.7. The summed E-state index contributed by atoms with van der Waals surface area (Å²) in [6, 6.07) is 19.6. The van der Waals surface area contributed by atoms with E-state index in [1.807, 2.05) is 49.1 Å². The summed E-state index contributed by atoms with van der Waals surface area (Å²) in [6.45, 7) is 6.83. The van der Waals surface area contributed by atoms with Crippen LogP contribution in [0.15, 0.2) is 60.7 Å². The van der Waals surface area contributed by atoms with Crippen molar-refractivity contribution in [3.63, 3.8) is 0 Å². The Morgan fingerprint density at radius 3 is 2.33 bits per heavy atom. The fraction of sp³-hybridized carbons (Fsp3) is 0.379. The van der Waals surface area contributed by atoms with Gasteiger partial charge in [0, 0.05) is 5.69 Å². The molecule has 2 atom stereocenters. The number of hydrogen-bond acceptors (Lipinski definition) is 4. The van der Waals surface area contributed by atoms with E-state index < -0.39 is 6.04 Å². The summed E-state index contributed by atoms with van der Waals surface area (Å²) in [6.07, 6.45) is 1.45. The number of benzene rings is 3. The molecule has 7 heteroatoms. The van der Waals surface area contributed by atoms with Crippen molar-refractivity contribution in [1.82, 2.24) is 10.6 Å². The molecular formula is C29H36ClN3O3. The number of nitrogens with zero attached hydrogens (tertiary/aromatic N) is 1. The summed E-state index contributed by atoms with van der Waals surface area (Å²) in [4.78, 5) is 28.3. The van der Waals surface area contributed by atoms with Gasteiger partial charge in [-0.2, -0.15) is 0 Å². The van der Waals surface area contributed by atoms with Crippen LogP contribution in [-0.4, -0.2) is 37.0 Å². The summed E-state index contributed by atoms with van der Waals surface area (Å²) in [5, 5.41) is 8.16. The molecule has 4 rings (SSSR count). The number of aryl methyl sites for hydroxylation is 1. The van der Waals surface area contributed by atoms with Crippen LogP contribution in [0, 0.1) is 0 Å². The van der Waals surface area contributed by atoms with Gasteiger partial charge < -0.3 is 20.3 Å². The number of halogens is 1. The van der Waals surface area contributed by atoms with Crippen molar-refractivity contribution in [2.75, 3.05) is 11.9 Å². The number of fused-ring (bicyclic) bond motifs is 2. The van der Waals surface area contributed by atoms with E-state index in [-0.39, 0.29) is 36.4 Å². The maximum atomic E-state index is 13.8. The van der Waals surface area contributed by atoms with Crippen LogP contribution in [0.3, 0.4) is 0 Å². The van der Waals surface area contributed by atoms with Crippen LogP contribution in [0.5, 0.6) is 0 Å². The molecule has 0 saturated heterocycles. The number of ether oxygens (including phenoxy) is 1. The van der Waals surface area contributed by atoms with Crippen LogP contribution < -0.4 is 15.5 Å². The van der Waals surface area contributed by atoms with Crippen molar-refractivity contribution in [2.45, 2.75) is 65.0 Å². The molecule has 0 aliphatic carbocycles. The van der Waals surface area contributed by atoms with E-state index in [9.17, 15) is 9.59 Å². The third kappa shape index (κ3) is 6.06. The lowest BCUT2D eigenvalue weighted by Gasteiger charge is -2.27. The Kier molecular flexibility index (Phi) is 9.49. The zero-order valence-corrected chi connectivity index (χ0v) is 22.2. The van der Waals surface area contributed by atoms with Gasteiger partial charge in [0.2, 0.25) is 11.8 Å². The number of para-hydroxylation sites is 1. The third-order valence-corrected chi connectivity index (χ3v) is 6.70. The quantitative estimate of drug-likeness (QED) is 0.459. The molecule has 0 unspecified atom stereocenters. The summed E-state index contributed by atoms with van der Waals surface area (Å²) in [7, 11) is 1.74. The molecule has 0 bridgehead atoms. The third-order valence-electron chi connectivity index (χ3n) is 6.70. The van der Waals surface area contributed by atoms with Gasteiger partial charge in [-0.15, -0.1) is 12.4 Å². The minimum Gasteiger partial charge on any atom is -0.374 e. The minimum atomic E-state index is -0.573. The summed E-state index contributed by atoms with van der Waals surface area (Å²) in [5.41, 5.74) is 4.22. The van der Waals surface area contributed by atoms with E-state index in [2.05, 4.69) is 41.0 Å².